The summed E-state index contributed by atoms with van der Waals surface area (Å²) in [5.74, 6) is -0.701. The molecule has 2 rings (SSSR count). The summed E-state index contributed by atoms with van der Waals surface area (Å²) in [4.78, 5) is 15.8. The minimum Gasteiger partial charge on any atom is -0.461 e. The van der Waals surface area contributed by atoms with Gasteiger partial charge in [-0.1, -0.05) is 19.4 Å². The molecule has 1 heterocycles. The molecule has 0 bridgehead atoms. The molecule has 21 heavy (non-hydrogen) atoms. The van der Waals surface area contributed by atoms with Crippen molar-refractivity contribution in [1.82, 2.24) is 4.98 Å². The lowest BCUT2D eigenvalue weighted by molar-refractivity contribution is -0.137. The lowest BCUT2D eigenvalue weighted by atomic mass is 10.1. The quantitative estimate of drug-likeness (QED) is 0.627. The summed E-state index contributed by atoms with van der Waals surface area (Å²) >= 11 is 0. The zero-order valence-corrected chi connectivity index (χ0v) is 11.4. The average Bonchev–Trinajstić information content (AvgIpc) is 2.45. The molecule has 1 aromatic heterocycles. The topological polar surface area (TPSA) is 39.2 Å². The first-order chi connectivity index (χ1) is 9.93. The van der Waals surface area contributed by atoms with Crippen molar-refractivity contribution in [2.75, 3.05) is 6.61 Å². The van der Waals surface area contributed by atoms with E-state index >= 15 is 0 Å². The Bertz CT molecular complexity index is 653. The molecule has 0 saturated carbocycles. The first-order valence-corrected chi connectivity index (χ1v) is 6.56. The lowest BCUT2D eigenvalue weighted by Gasteiger charge is -2.10. The molecule has 3 nitrogen and oxygen atoms in total. The molecular weight excluding hydrogens is 283 g/mol. The van der Waals surface area contributed by atoms with Gasteiger partial charge in [-0.15, -0.1) is 0 Å². The number of rotatable bonds is 4. The monoisotopic (exact) mass is 297 g/mol. The van der Waals surface area contributed by atoms with Crippen LogP contribution in [0.1, 0.15) is 35.8 Å². The molecule has 0 aliphatic carbocycles. The summed E-state index contributed by atoms with van der Waals surface area (Å²) in [5, 5.41) is 0.661. The maximum atomic E-state index is 12.8. The van der Waals surface area contributed by atoms with Gasteiger partial charge in [0.15, 0.2) is 5.69 Å². The van der Waals surface area contributed by atoms with Gasteiger partial charge in [0.1, 0.15) is 0 Å². The SMILES string of the molecule is CCCCOC(=O)c1nccc2ccc(C(F)(F)F)cc12. The fraction of sp³-hybridized carbons (Fsp3) is 0.333. The summed E-state index contributed by atoms with van der Waals surface area (Å²) in [6.45, 7) is 2.17. The van der Waals surface area contributed by atoms with Crippen LogP contribution in [0.2, 0.25) is 0 Å². The van der Waals surface area contributed by atoms with Gasteiger partial charge in [0.2, 0.25) is 0 Å². The number of pyridine rings is 1. The van der Waals surface area contributed by atoms with Crippen LogP contribution in [0.25, 0.3) is 10.8 Å². The fourth-order valence-electron chi connectivity index (χ4n) is 1.88. The number of fused-ring (bicyclic) bond motifs is 1. The largest absolute Gasteiger partial charge is 0.461 e. The van der Waals surface area contributed by atoms with Crippen LogP contribution in [0, 0.1) is 0 Å². The predicted molar refractivity (Wildman–Crippen MR) is 71.9 cm³/mol. The summed E-state index contributed by atoms with van der Waals surface area (Å²) in [7, 11) is 0. The van der Waals surface area contributed by atoms with Crippen LogP contribution in [0.5, 0.6) is 0 Å². The van der Waals surface area contributed by atoms with Gasteiger partial charge in [0, 0.05) is 11.6 Å². The van der Waals surface area contributed by atoms with Crippen molar-refractivity contribution in [1.29, 1.82) is 0 Å². The van der Waals surface area contributed by atoms with Crippen molar-refractivity contribution in [3.63, 3.8) is 0 Å². The number of aromatic nitrogens is 1. The van der Waals surface area contributed by atoms with Crippen LogP contribution in [-0.4, -0.2) is 17.6 Å². The second kappa shape index (κ2) is 6.11. The van der Waals surface area contributed by atoms with E-state index in [0.717, 1.165) is 18.6 Å². The van der Waals surface area contributed by atoms with E-state index in [9.17, 15) is 18.0 Å². The van der Waals surface area contributed by atoms with Gasteiger partial charge in [-0.3, -0.25) is 0 Å². The Hall–Kier alpha value is -2.11. The van der Waals surface area contributed by atoms with Crippen molar-refractivity contribution in [3.05, 3.63) is 41.7 Å². The van der Waals surface area contributed by atoms with Crippen molar-refractivity contribution >= 4 is 16.7 Å². The zero-order chi connectivity index (χ0) is 15.5. The van der Waals surface area contributed by atoms with Gasteiger partial charge < -0.3 is 4.74 Å². The van der Waals surface area contributed by atoms with E-state index in [4.69, 9.17) is 4.74 Å². The standard InChI is InChI=1S/C15H14F3NO2/c1-2-3-8-21-14(20)13-12-9-11(15(16,17)18)5-4-10(12)6-7-19-13/h4-7,9H,2-3,8H2,1H3. The minimum atomic E-state index is -4.46. The number of hydrogen-bond acceptors (Lipinski definition) is 3. The van der Waals surface area contributed by atoms with Gasteiger partial charge in [-0.25, -0.2) is 9.78 Å². The Balaban J connectivity index is 2.41. The third-order valence-corrected chi connectivity index (χ3v) is 3.02. The Morgan fingerprint density at radius 2 is 2.05 bits per heavy atom. The van der Waals surface area contributed by atoms with E-state index in [1.54, 1.807) is 6.07 Å². The molecule has 2 aromatic rings. The number of hydrogen-bond donors (Lipinski definition) is 0. The number of unbranched alkanes of at least 4 members (excludes halogenated alkanes) is 1. The maximum Gasteiger partial charge on any atom is 0.416 e. The molecular formula is C15H14F3NO2. The highest BCUT2D eigenvalue weighted by molar-refractivity contribution is 6.02. The highest BCUT2D eigenvalue weighted by atomic mass is 19.4. The first kappa shape index (κ1) is 15.3. The highest BCUT2D eigenvalue weighted by Gasteiger charge is 2.31. The number of benzene rings is 1. The van der Waals surface area contributed by atoms with Crippen molar-refractivity contribution in [2.45, 2.75) is 25.9 Å². The molecule has 0 saturated heterocycles. The number of carbonyl (C=O) groups excluding carboxylic acids is 1. The fourth-order valence-corrected chi connectivity index (χ4v) is 1.88. The Morgan fingerprint density at radius 1 is 1.29 bits per heavy atom. The van der Waals surface area contributed by atoms with Crippen LogP contribution in [0.3, 0.4) is 0 Å². The Labute approximate surface area is 119 Å². The molecule has 6 heteroatoms. The predicted octanol–water partition coefficient (Wildman–Crippen LogP) is 4.21. The summed E-state index contributed by atoms with van der Waals surface area (Å²) < 4.78 is 43.3. The van der Waals surface area contributed by atoms with Gasteiger partial charge >= 0.3 is 12.1 Å². The molecule has 0 fully saturated rings. The van der Waals surface area contributed by atoms with Gasteiger partial charge in [-0.2, -0.15) is 13.2 Å². The number of carbonyl (C=O) groups is 1. The lowest BCUT2D eigenvalue weighted by Crippen LogP contribution is -2.10. The third kappa shape index (κ3) is 3.51. The van der Waals surface area contributed by atoms with Crippen LogP contribution >= 0.6 is 0 Å². The molecule has 1 aromatic carbocycles. The second-order valence-electron chi connectivity index (χ2n) is 4.58. The van der Waals surface area contributed by atoms with E-state index in [0.29, 0.717) is 11.8 Å². The second-order valence-corrected chi connectivity index (χ2v) is 4.58. The van der Waals surface area contributed by atoms with Crippen LogP contribution in [0.4, 0.5) is 13.2 Å². The molecule has 0 atom stereocenters. The van der Waals surface area contributed by atoms with Crippen LogP contribution in [0.15, 0.2) is 30.5 Å². The summed E-state index contributed by atoms with van der Waals surface area (Å²) in [6, 6.07) is 4.79. The van der Waals surface area contributed by atoms with E-state index in [1.807, 2.05) is 6.92 Å². The summed E-state index contributed by atoms with van der Waals surface area (Å²) in [6.07, 6.45) is -1.53. The van der Waals surface area contributed by atoms with E-state index in [1.165, 1.54) is 12.3 Å². The maximum absolute atomic E-state index is 12.8. The van der Waals surface area contributed by atoms with Crippen molar-refractivity contribution in [2.24, 2.45) is 0 Å². The van der Waals surface area contributed by atoms with E-state index < -0.39 is 17.7 Å². The smallest absolute Gasteiger partial charge is 0.416 e. The average molecular weight is 297 g/mol. The molecule has 0 aliphatic heterocycles. The van der Waals surface area contributed by atoms with Crippen molar-refractivity contribution < 1.29 is 22.7 Å². The molecule has 0 radical (unpaired) electrons. The first-order valence-electron chi connectivity index (χ1n) is 6.56. The number of alkyl halides is 3. The summed E-state index contributed by atoms with van der Waals surface area (Å²) in [5.41, 5.74) is -0.902. The number of nitrogens with zero attached hydrogens (tertiary/aromatic N) is 1. The zero-order valence-electron chi connectivity index (χ0n) is 11.4. The normalized spacial score (nSPS) is 11.6. The van der Waals surface area contributed by atoms with Gasteiger partial charge in [0.05, 0.1) is 12.2 Å². The Kier molecular flexibility index (Phi) is 4.45. The number of ether oxygens (including phenoxy) is 1. The van der Waals surface area contributed by atoms with Gasteiger partial charge in [0.25, 0.3) is 0 Å². The highest BCUT2D eigenvalue weighted by Crippen LogP contribution is 2.32. The number of esters is 1. The molecule has 0 spiro atoms. The number of halogens is 3. The van der Waals surface area contributed by atoms with Gasteiger partial charge in [-0.05, 0) is 30.0 Å². The molecule has 0 N–H and O–H groups in total. The molecule has 0 amide bonds. The molecule has 112 valence electrons. The van der Waals surface area contributed by atoms with Crippen LogP contribution < -0.4 is 0 Å². The molecule has 0 unspecified atom stereocenters. The Morgan fingerprint density at radius 3 is 2.71 bits per heavy atom. The molecule has 0 aliphatic rings. The van der Waals surface area contributed by atoms with E-state index in [-0.39, 0.29) is 17.7 Å². The third-order valence-electron chi connectivity index (χ3n) is 3.02. The minimum absolute atomic E-state index is 0.0882. The van der Waals surface area contributed by atoms with Crippen LogP contribution in [-0.2, 0) is 10.9 Å². The van der Waals surface area contributed by atoms with E-state index in [2.05, 4.69) is 4.98 Å². The van der Waals surface area contributed by atoms with Crippen molar-refractivity contribution in [3.8, 4) is 0 Å².